The Morgan fingerprint density at radius 1 is 0.967 bits per heavy atom. The van der Waals surface area contributed by atoms with Gasteiger partial charge in [0.05, 0.1) is 16.3 Å². The Hall–Kier alpha value is -2.24. The van der Waals surface area contributed by atoms with E-state index < -0.39 is 0 Å². The first-order valence-electron chi connectivity index (χ1n) is 11.3. The van der Waals surface area contributed by atoms with Crippen molar-refractivity contribution in [2.24, 2.45) is 13.0 Å². The van der Waals surface area contributed by atoms with Crippen LogP contribution in [0.1, 0.15) is 36.8 Å². The summed E-state index contributed by atoms with van der Waals surface area (Å²) >= 11 is 0. The normalized spacial score (nSPS) is 18.3. The van der Waals surface area contributed by atoms with Crippen LogP contribution in [0.5, 0.6) is 0 Å². The highest BCUT2D eigenvalue weighted by molar-refractivity contribution is 7.73. The Balaban J connectivity index is 1.77. The molecule has 2 heterocycles. The minimum Gasteiger partial charge on any atom is -0.193 e. The third-order valence-corrected chi connectivity index (χ3v) is 9.82. The van der Waals surface area contributed by atoms with Crippen LogP contribution >= 0.6 is 7.92 Å². The SMILES string of the molecule is Cc1ccc2cccc3c2c1-c1c(c(CC2CCCC2)c2ccccc2[n+]1C)P3C. The summed E-state index contributed by atoms with van der Waals surface area (Å²) in [5, 5.41) is 7.57. The van der Waals surface area contributed by atoms with E-state index in [-0.39, 0.29) is 7.92 Å². The quantitative estimate of drug-likeness (QED) is 0.286. The van der Waals surface area contributed by atoms with Gasteiger partial charge in [0, 0.05) is 11.5 Å². The molecule has 1 aliphatic heterocycles. The Morgan fingerprint density at radius 3 is 2.60 bits per heavy atom. The van der Waals surface area contributed by atoms with E-state index in [1.54, 1.807) is 16.2 Å². The zero-order chi connectivity index (χ0) is 20.4. The second kappa shape index (κ2) is 6.89. The van der Waals surface area contributed by atoms with Crippen molar-refractivity contribution < 1.29 is 4.57 Å². The van der Waals surface area contributed by atoms with Gasteiger partial charge >= 0.3 is 0 Å². The fraction of sp³-hybridized carbons (Fsp3) is 0.321. The Morgan fingerprint density at radius 2 is 1.77 bits per heavy atom. The lowest BCUT2D eigenvalue weighted by molar-refractivity contribution is -0.632. The van der Waals surface area contributed by atoms with E-state index in [1.165, 1.54) is 70.6 Å². The largest absolute Gasteiger partial charge is 0.222 e. The van der Waals surface area contributed by atoms with Crippen molar-refractivity contribution in [1.29, 1.82) is 0 Å². The van der Waals surface area contributed by atoms with Crippen LogP contribution < -0.4 is 15.2 Å². The van der Waals surface area contributed by atoms with E-state index in [0.717, 1.165) is 5.92 Å². The van der Waals surface area contributed by atoms with E-state index in [2.05, 4.69) is 79.8 Å². The molecular weight excluding hydrogens is 381 g/mol. The van der Waals surface area contributed by atoms with Gasteiger partial charge in [-0.05, 0) is 61.7 Å². The first-order chi connectivity index (χ1) is 14.6. The molecule has 1 fully saturated rings. The maximum absolute atomic E-state index is 2.50. The number of aromatic nitrogens is 1. The van der Waals surface area contributed by atoms with Gasteiger partial charge in [-0.3, -0.25) is 0 Å². The molecule has 6 rings (SSSR count). The number of aryl methyl sites for hydroxylation is 2. The maximum Gasteiger partial charge on any atom is 0.222 e. The number of pyridine rings is 1. The zero-order valence-corrected chi connectivity index (χ0v) is 19.1. The summed E-state index contributed by atoms with van der Waals surface area (Å²) in [5.74, 6) is 0.850. The molecule has 0 bridgehead atoms. The first kappa shape index (κ1) is 18.5. The van der Waals surface area contributed by atoms with Crippen LogP contribution in [0.2, 0.25) is 0 Å². The molecule has 1 atom stereocenters. The third-order valence-electron chi connectivity index (χ3n) is 7.57. The van der Waals surface area contributed by atoms with Crippen LogP contribution in [-0.4, -0.2) is 6.66 Å². The Kier molecular flexibility index (Phi) is 4.26. The van der Waals surface area contributed by atoms with Crippen LogP contribution in [0.4, 0.5) is 0 Å². The fourth-order valence-corrected chi connectivity index (χ4v) is 8.42. The molecule has 1 nitrogen and oxygen atoms in total. The average molecular weight is 411 g/mol. The highest BCUT2D eigenvalue weighted by Gasteiger charge is 2.36. The molecule has 1 unspecified atom stereocenters. The highest BCUT2D eigenvalue weighted by atomic mass is 31.1. The van der Waals surface area contributed by atoms with Crippen LogP contribution in [0.25, 0.3) is 32.9 Å². The number of fused-ring (bicyclic) bond motifs is 3. The summed E-state index contributed by atoms with van der Waals surface area (Å²) in [6.45, 7) is 4.80. The van der Waals surface area contributed by atoms with E-state index in [0.29, 0.717) is 0 Å². The zero-order valence-electron chi connectivity index (χ0n) is 18.2. The second-order valence-corrected chi connectivity index (χ2v) is 11.3. The predicted molar refractivity (Wildman–Crippen MR) is 131 cm³/mol. The summed E-state index contributed by atoms with van der Waals surface area (Å²) in [6, 6.07) is 20.7. The van der Waals surface area contributed by atoms with Gasteiger partial charge in [-0.25, -0.2) is 0 Å². The lowest BCUT2D eigenvalue weighted by Gasteiger charge is -2.29. The van der Waals surface area contributed by atoms with Crippen molar-refractivity contribution >= 4 is 40.2 Å². The van der Waals surface area contributed by atoms with Gasteiger partial charge < -0.3 is 0 Å². The van der Waals surface area contributed by atoms with Crippen LogP contribution in [0, 0.1) is 12.8 Å². The van der Waals surface area contributed by atoms with Crippen molar-refractivity contribution in [3.05, 3.63) is 65.7 Å². The second-order valence-electron chi connectivity index (χ2n) is 9.30. The van der Waals surface area contributed by atoms with E-state index in [1.807, 2.05) is 0 Å². The molecular formula is C28H29NP+. The van der Waals surface area contributed by atoms with Crippen molar-refractivity contribution in [3.8, 4) is 11.3 Å². The molecule has 150 valence electrons. The number of rotatable bonds is 2. The van der Waals surface area contributed by atoms with Crippen molar-refractivity contribution in [2.45, 2.75) is 39.0 Å². The van der Waals surface area contributed by atoms with Gasteiger partial charge in [0.2, 0.25) is 11.2 Å². The number of hydrogen-bond acceptors (Lipinski definition) is 0. The molecule has 1 aromatic heterocycles. The predicted octanol–water partition coefficient (Wildman–Crippen LogP) is 5.90. The topological polar surface area (TPSA) is 3.88 Å². The lowest BCUT2D eigenvalue weighted by atomic mass is 9.90. The molecule has 3 aromatic carbocycles. The van der Waals surface area contributed by atoms with Gasteiger partial charge in [0.1, 0.15) is 7.05 Å². The number of benzene rings is 3. The summed E-state index contributed by atoms with van der Waals surface area (Å²) in [7, 11) is 1.91. The summed E-state index contributed by atoms with van der Waals surface area (Å²) in [6.07, 6.45) is 6.86. The van der Waals surface area contributed by atoms with Crippen LogP contribution in [0.15, 0.2) is 54.6 Å². The molecule has 2 aliphatic rings. The highest BCUT2D eigenvalue weighted by Crippen LogP contribution is 2.46. The molecule has 0 spiro atoms. The van der Waals surface area contributed by atoms with E-state index in [4.69, 9.17) is 0 Å². The van der Waals surface area contributed by atoms with Gasteiger partial charge in [0.25, 0.3) is 0 Å². The molecule has 1 aliphatic carbocycles. The van der Waals surface area contributed by atoms with E-state index in [9.17, 15) is 0 Å². The van der Waals surface area contributed by atoms with Crippen molar-refractivity contribution in [3.63, 3.8) is 0 Å². The Labute approximate surface area is 180 Å². The maximum atomic E-state index is 2.50. The van der Waals surface area contributed by atoms with Crippen LogP contribution in [0.3, 0.4) is 0 Å². The molecule has 0 radical (unpaired) electrons. The molecule has 1 saturated carbocycles. The van der Waals surface area contributed by atoms with Gasteiger partial charge in [-0.15, -0.1) is 0 Å². The molecule has 4 aromatic rings. The molecule has 0 N–H and O–H groups in total. The fourth-order valence-electron chi connectivity index (χ4n) is 6.10. The molecule has 0 saturated heterocycles. The number of nitrogens with zero attached hydrogens (tertiary/aromatic N) is 1. The number of para-hydroxylation sites is 1. The van der Waals surface area contributed by atoms with Crippen molar-refractivity contribution in [1.82, 2.24) is 0 Å². The monoisotopic (exact) mass is 410 g/mol. The minimum atomic E-state index is -0.376. The molecule has 0 amide bonds. The van der Waals surface area contributed by atoms with Crippen molar-refractivity contribution in [2.75, 3.05) is 6.66 Å². The summed E-state index contributed by atoms with van der Waals surface area (Å²) in [5.41, 5.74) is 7.38. The Bertz CT molecular complexity index is 1310. The van der Waals surface area contributed by atoms with Crippen LogP contribution in [-0.2, 0) is 13.5 Å². The third kappa shape index (κ3) is 2.55. The summed E-state index contributed by atoms with van der Waals surface area (Å²) in [4.78, 5) is 0. The first-order valence-corrected chi connectivity index (χ1v) is 13.1. The standard InChI is InChI=1S/C28H29NP/c1-18-15-16-20-11-8-14-24-26(20)25(18)27-28(30(24)3)22(17-19-9-4-5-10-19)21-12-6-7-13-23(21)29(27)2/h6-8,11-16,19H,4-5,9-10,17H2,1-3H3/q+1. The summed E-state index contributed by atoms with van der Waals surface area (Å²) < 4.78 is 2.50. The molecule has 2 heteroatoms. The average Bonchev–Trinajstić information content (AvgIpc) is 3.28. The van der Waals surface area contributed by atoms with Gasteiger partial charge in [0.15, 0.2) is 0 Å². The molecule has 30 heavy (non-hydrogen) atoms. The van der Waals surface area contributed by atoms with Gasteiger partial charge in [-0.1, -0.05) is 68.1 Å². The number of hydrogen-bond donors (Lipinski definition) is 0. The van der Waals surface area contributed by atoms with E-state index >= 15 is 0 Å². The lowest BCUT2D eigenvalue weighted by Crippen LogP contribution is -2.41. The smallest absolute Gasteiger partial charge is 0.193 e. The van der Waals surface area contributed by atoms with Gasteiger partial charge in [-0.2, -0.15) is 4.57 Å². The minimum absolute atomic E-state index is 0.376.